The number of amides is 15. The number of phenolic OH excluding ortho intramolecular Hbond substituents is 1. The second-order valence-corrected chi connectivity index (χ2v) is 22.5. The number of hydrogen-bond acceptors (Lipinski definition) is 23. The zero-order valence-corrected chi connectivity index (χ0v) is 53.8. The van der Waals surface area contributed by atoms with Crippen molar-refractivity contribution in [3.05, 3.63) is 29.8 Å². The number of carboxylic acids is 1. The van der Waals surface area contributed by atoms with Gasteiger partial charge in [-0.05, 0) is 83.0 Å². The maximum Gasteiger partial charge on any atom is 0.303 e. The number of aliphatic carboxylic acids is 1. The molecule has 0 aliphatic rings. The van der Waals surface area contributed by atoms with E-state index in [1.807, 2.05) is 16.0 Å². The average molecular weight is 1370 g/mol. The molecule has 15 atom stereocenters. The van der Waals surface area contributed by atoms with Gasteiger partial charge in [-0.2, -0.15) is 0 Å². The molecule has 1 aromatic rings. The van der Waals surface area contributed by atoms with Crippen molar-refractivity contribution in [2.45, 2.75) is 190 Å². The monoisotopic (exact) mass is 1370 g/mol. The van der Waals surface area contributed by atoms with Crippen molar-refractivity contribution in [1.82, 2.24) is 63.8 Å². The van der Waals surface area contributed by atoms with Crippen molar-refractivity contribution < 1.29 is 112 Å². The van der Waals surface area contributed by atoms with Crippen LogP contribution in [0.25, 0.3) is 0 Å². The molecule has 0 aromatic heterocycles. The summed E-state index contributed by atoms with van der Waals surface area (Å²) in [5.74, 6) is -19.4. The molecular weight excluding hydrogens is 1280 g/mol. The molecule has 0 unspecified atom stereocenters. The second kappa shape index (κ2) is 42.6. The molecule has 39 nitrogen and oxygen atoms in total. The lowest BCUT2D eigenvalue weighted by atomic mass is 9.97. The van der Waals surface area contributed by atoms with Crippen molar-refractivity contribution in [2.24, 2.45) is 28.9 Å². The summed E-state index contributed by atoms with van der Waals surface area (Å²) >= 11 is 0. The molecule has 0 bridgehead atoms. The number of carbonyl (C=O) groups excluding carboxylic acids is 15. The summed E-state index contributed by atoms with van der Waals surface area (Å²) in [5.41, 5.74) is 21.9. The maximum atomic E-state index is 14.4. The van der Waals surface area contributed by atoms with E-state index < -0.39 is 244 Å². The number of hydrogen-bond donors (Lipinski definition) is 23. The van der Waals surface area contributed by atoms with Crippen LogP contribution in [0.2, 0.25) is 0 Å². The molecule has 0 heterocycles. The topological polar surface area (TPSA) is 663 Å². The van der Waals surface area contributed by atoms with E-state index in [-0.39, 0.29) is 37.1 Å². The van der Waals surface area contributed by atoms with E-state index in [0.29, 0.717) is 6.42 Å². The van der Waals surface area contributed by atoms with Gasteiger partial charge in [-0.15, -0.1) is 0 Å². The summed E-state index contributed by atoms with van der Waals surface area (Å²) in [6.45, 7) is 4.09. The Morgan fingerprint density at radius 3 is 1.24 bits per heavy atom. The van der Waals surface area contributed by atoms with Crippen LogP contribution in [-0.4, -0.2) is 241 Å². The second-order valence-electron chi connectivity index (χ2n) is 22.5. The summed E-state index contributed by atoms with van der Waals surface area (Å²) in [5, 5.41) is 97.7. The van der Waals surface area contributed by atoms with Gasteiger partial charge in [0.2, 0.25) is 88.6 Å². The summed E-state index contributed by atoms with van der Waals surface area (Å²) in [6, 6.07) is -16.0. The fourth-order valence-corrected chi connectivity index (χ4v) is 8.76. The minimum atomic E-state index is -2.08. The maximum absolute atomic E-state index is 14.4. The molecule has 538 valence electrons. The van der Waals surface area contributed by atoms with Crippen LogP contribution in [0.1, 0.15) is 105 Å². The number of carboxylic acid groups (broad SMARTS) is 1. The Bertz CT molecular complexity index is 2880. The standard InChI is InChI=1S/C57H92N16O23/c1-7-25(2)43(71-49(88)33(10-8-9-19-58)64-51(90)36(21-41(60)82)66-47(86)26(3)62-29(6)79)55(94)69-37(22-74)52(91)67-35(20-30-11-13-31(80)14-12-30)50(89)65-34(15-17-40(59)81)48(87)68-38(23-75)53(92)73-45(28(5)78)57(96)70-39(24-76)54(93)72-44(27(4)77)56(95)63-32(46(61)85)16-18-42(83)84/h11-14,25-28,32-39,43-45,74-78,80H,7-10,15-24,58H2,1-6H3,(H2,59,81)(H2,60,82)(H2,61,85)(H,62,79)(H,63,95)(H,64,90)(H,65,89)(H,66,86)(H,67,91)(H,68,87)(H,69,94)(H,70,96)(H,71,88)(H,72,93)(H,73,92)(H,83,84)/t25-,26-,27+,28+,32-,33-,34-,35-,36-,37-,38-,39-,43-,44-,45-/m0/s1. The predicted octanol–water partition coefficient (Wildman–Crippen LogP) is -10.8. The highest BCUT2D eigenvalue weighted by atomic mass is 16.4. The highest BCUT2D eigenvalue weighted by Gasteiger charge is 2.39. The number of aliphatic hydroxyl groups is 5. The molecule has 0 radical (unpaired) electrons. The van der Waals surface area contributed by atoms with Gasteiger partial charge in [0.05, 0.1) is 38.4 Å². The van der Waals surface area contributed by atoms with Crippen molar-refractivity contribution in [1.29, 1.82) is 0 Å². The van der Waals surface area contributed by atoms with Crippen LogP contribution >= 0.6 is 0 Å². The largest absolute Gasteiger partial charge is 0.508 e. The zero-order valence-electron chi connectivity index (χ0n) is 53.8. The Balaban J connectivity index is 3.55. The Kier molecular flexibility index (Phi) is 37.4. The number of aromatic hydroxyl groups is 1. The number of rotatable bonds is 45. The Labute approximate surface area is 550 Å². The van der Waals surface area contributed by atoms with E-state index in [4.69, 9.17) is 28.0 Å². The van der Waals surface area contributed by atoms with E-state index in [9.17, 15) is 107 Å². The van der Waals surface area contributed by atoms with Crippen LogP contribution in [0.4, 0.5) is 0 Å². The summed E-state index contributed by atoms with van der Waals surface area (Å²) in [4.78, 5) is 209. The first-order chi connectivity index (χ1) is 44.9. The number of benzene rings is 1. The number of unbranched alkanes of at least 4 members (excludes halogenated alkanes) is 1. The van der Waals surface area contributed by atoms with Gasteiger partial charge < -0.3 is 122 Å². The smallest absolute Gasteiger partial charge is 0.303 e. The summed E-state index contributed by atoms with van der Waals surface area (Å²) in [7, 11) is 0. The molecule has 1 rings (SSSR count). The first kappa shape index (κ1) is 84.3. The molecule has 0 aliphatic heterocycles. The fourth-order valence-electron chi connectivity index (χ4n) is 8.76. The third kappa shape index (κ3) is 30.1. The van der Waals surface area contributed by atoms with Gasteiger partial charge in [-0.25, -0.2) is 0 Å². The zero-order chi connectivity index (χ0) is 73.3. The van der Waals surface area contributed by atoms with Crippen LogP contribution in [-0.2, 0) is 83.1 Å². The molecule has 1 aromatic carbocycles. The lowest BCUT2D eigenvalue weighted by Crippen LogP contribution is -2.63. The molecule has 0 fully saturated rings. The molecular formula is C57H92N16O23. The van der Waals surface area contributed by atoms with E-state index >= 15 is 0 Å². The predicted molar refractivity (Wildman–Crippen MR) is 332 cm³/mol. The van der Waals surface area contributed by atoms with Crippen molar-refractivity contribution >= 4 is 94.6 Å². The van der Waals surface area contributed by atoms with Crippen molar-refractivity contribution in [3.63, 3.8) is 0 Å². The molecule has 0 spiro atoms. The summed E-state index contributed by atoms with van der Waals surface area (Å²) in [6.07, 6.45) is -6.54. The van der Waals surface area contributed by atoms with Gasteiger partial charge in [0, 0.05) is 26.2 Å². The molecule has 0 saturated carbocycles. The van der Waals surface area contributed by atoms with Crippen molar-refractivity contribution in [2.75, 3.05) is 26.4 Å². The van der Waals surface area contributed by atoms with Gasteiger partial charge in [0.15, 0.2) is 0 Å². The number of primary amides is 3. The minimum Gasteiger partial charge on any atom is -0.508 e. The fraction of sp³-hybridized carbons (Fsp3) is 0.614. The van der Waals surface area contributed by atoms with Gasteiger partial charge >= 0.3 is 5.97 Å². The van der Waals surface area contributed by atoms with Gasteiger partial charge in [-0.1, -0.05) is 32.4 Å². The van der Waals surface area contributed by atoms with E-state index in [0.717, 1.165) is 20.8 Å². The molecule has 15 amide bonds. The number of carbonyl (C=O) groups is 16. The number of nitrogens with one attached hydrogen (secondary N) is 12. The van der Waals surface area contributed by atoms with E-state index in [1.165, 1.54) is 38.1 Å². The number of phenols is 1. The Hall–Kier alpha value is -9.70. The van der Waals surface area contributed by atoms with Crippen LogP contribution < -0.4 is 86.7 Å². The van der Waals surface area contributed by atoms with Crippen LogP contribution in [0.5, 0.6) is 5.75 Å². The lowest BCUT2D eigenvalue weighted by molar-refractivity contribution is -0.139. The highest BCUT2D eigenvalue weighted by Crippen LogP contribution is 2.15. The molecule has 0 saturated heterocycles. The Morgan fingerprint density at radius 2 is 0.812 bits per heavy atom. The average Bonchev–Trinajstić information content (AvgIpc) is 0.892. The molecule has 27 N–H and O–H groups in total. The summed E-state index contributed by atoms with van der Waals surface area (Å²) < 4.78 is 0. The van der Waals surface area contributed by atoms with E-state index in [1.54, 1.807) is 6.92 Å². The number of aliphatic hydroxyl groups excluding tert-OH is 5. The number of nitrogens with two attached hydrogens (primary N) is 4. The third-order valence-electron chi connectivity index (χ3n) is 14.4. The van der Waals surface area contributed by atoms with Crippen LogP contribution in [0, 0.1) is 5.92 Å². The molecule has 0 aliphatic carbocycles. The van der Waals surface area contributed by atoms with Gasteiger partial charge in [0.1, 0.15) is 78.3 Å². The minimum absolute atomic E-state index is 0.103. The lowest BCUT2D eigenvalue weighted by Gasteiger charge is -2.29. The quantitative estimate of drug-likeness (QED) is 0.0270. The first-order valence-electron chi connectivity index (χ1n) is 30.3. The highest BCUT2D eigenvalue weighted by molar-refractivity contribution is 6.00. The van der Waals surface area contributed by atoms with Crippen LogP contribution in [0.3, 0.4) is 0 Å². The Morgan fingerprint density at radius 1 is 0.438 bits per heavy atom. The molecule has 39 heteroatoms. The molecule has 96 heavy (non-hydrogen) atoms. The first-order valence-corrected chi connectivity index (χ1v) is 30.3. The van der Waals surface area contributed by atoms with Gasteiger partial charge in [0.25, 0.3) is 0 Å². The van der Waals surface area contributed by atoms with Crippen LogP contribution in [0.15, 0.2) is 24.3 Å². The van der Waals surface area contributed by atoms with E-state index in [2.05, 4.69) is 47.9 Å². The van der Waals surface area contributed by atoms with Gasteiger partial charge in [-0.3, -0.25) is 76.7 Å². The normalized spacial score (nSPS) is 15.7. The third-order valence-corrected chi connectivity index (χ3v) is 14.4. The van der Waals surface area contributed by atoms with Crippen molar-refractivity contribution in [3.8, 4) is 5.75 Å². The SMILES string of the molecule is CC[C@H](C)[C@H](NC(=O)[C@H](CCCCN)NC(=O)[C@H](CC(N)=O)NC(=O)[C@H](C)NC(C)=O)C(=O)N[C@@H](CO)C(=O)N[C@@H](Cc1ccc(O)cc1)C(=O)N[C@@H](CCC(N)=O)C(=O)N[C@@H](CO)C(=O)N[C@H](C(=O)N[C@@H](CO)C(=O)N[C@H](C(=O)N[C@@H](CCC(=O)O)C(N)=O)[C@@H](C)O)[C@@H](C)O.